The predicted molar refractivity (Wildman–Crippen MR) is 105 cm³/mol. The SMILES string of the molecule is CC(=O)N[C@H]1[C@@H](O)[C@@H]2O[C@@H](c3ccccc3)OC[C@H]2O[C@H]1Sc1ccccc1. The third kappa shape index (κ3) is 4.24. The zero-order valence-corrected chi connectivity index (χ0v) is 16.2. The second-order valence-electron chi connectivity index (χ2n) is 6.87. The Bertz CT molecular complexity index is 790. The molecule has 6 nitrogen and oxygen atoms in total. The Balaban J connectivity index is 1.53. The number of hydrogen-bond acceptors (Lipinski definition) is 6. The van der Waals surface area contributed by atoms with Crippen LogP contribution in [0.25, 0.3) is 0 Å². The second kappa shape index (κ2) is 8.63. The molecule has 2 aromatic carbocycles. The highest BCUT2D eigenvalue weighted by Crippen LogP contribution is 2.38. The van der Waals surface area contributed by atoms with Crippen LogP contribution in [0.5, 0.6) is 0 Å². The molecular weight excluding hydrogens is 378 g/mol. The van der Waals surface area contributed by atoms with Crippen LogP contribution in [0.1, 0.15) is 18.8 Å². The molecule has 2 fully saturated rings. The summed E-state index contributed by atoms with van der Waals surface area (Å²) in [6.45, 7) is 1.74. The maximum Gasteiger partial charge on any atom is 0.217 e. The van der Waals surface area contributed by atoms with E-state index in [4.69, 9.17) is 14.2 Å². The topological polar surface area (TPSA) is 77.0 Å². The zero-order chi connectivity index (χ0) is 19.5. The van der Waals surface area contributed by atoms with Gasteiger partial charge in [0.2, 0.25) is 5.91 Å². The van der Waals surface area contributed by atoms with Crippen molar-refractivity contribution < 1.29 is 24.1 Å². The van der Waals surface area contributed by atoms with Gasteiger partial charge in [-0.15, -0.1) is 0 Å². The summed E-state index contributed by atoms with van der Waals surface area (Å²) in [6, 6.07) is 18.7. The second-order valence-corrected chi connectivity index (χ2v) is 8.04. The van der Waals surface area contributed by atoms with Crippen molar-refractivity contribution in [2.75, 3.05) is 6.61 Å². The normalized spacial score (nSPS) is 32.4. The average Bonchev–Trinajstić information content (AvgIpc) is 2.72. The third-order valence-corrected chi connectivity index (χ3v) is 5.98. The summed E-state index contributed by atoms with van der Waals surface area (Å²) in [5.74, 6) is -0.226. The van der Waals surface area contributed by atoms with E-state index in [1.54, 1.807) is 0 Å². The quantitative estimate of drug-likeness (QED) is 0.820. The van der Waals surface area contributed by atoms with Crippen LogP contribution in [-0.2, 0) is 19.0 Å². The van der Waals surface area contributed by atoms with E-state index in [9.17, 15) is 9.90 Å². The molecule has 2 N–H and O–H groups in total. The molecule has 0 radical (unpaired) electrons. The highest BCUT2D eigenvalue weighted by atomic mass is 32.2. The summed E-state index contributed by atoms with van der Waals surface area (Å²) in [7, 11) is 0. The van der Waals surface area contributed by atoms with Crippen LogP contribution in [0.3, 0.4) is 0 Å². The van der Waals surface area contributed by atoms with Crippen molar-refractivity contribution in [1.29, 1.82) is 0 Å². The van der Waals surface area contributed by atoms with Gasteiger partial charge in [-0.2, -0.15) is 0 Å². The predicted octanol–water partition coefficient (Wildman–Crippen LogP) is 2.48. The first-order valence-corrected chi connectivity index (χ1v) is 10.1. The molecule has 0 unspecified atom stereocenters. The van der Waals surface area contributed by atoms with Crippen molar-refractivity contribution in [3.63, 3.8) is 0 Å². The van der Waals surface area contributed by atoms with Crippen LogP contribution in [0.15, 0.2) is 65.6 Å². The largest absolute Gasteiger partial charge is 0.388 e. The lowest BCUT2D eigenvalue weighted by Crippen LogP contribution is -2.65. The van der Waals surface area contributed by atoms with Gasteiger partial charge in [0.05, 0.1) is 12.6 Å². The lowest BCUT2D eigenvalue weighted by molar-refractivity contribution is -0.306. The van der Waals surface area contributed by atoms with Crippen LogP contribution in [-0.4, -0.2) is 47.4 Å². The first kappa shape index (κ1) is 19.4. The average molecular weight is 401 g/mol. The number of hydrogen-bond donors (Lipinski definition) is 2. The van der Waals surface area contributed by atoms with Gasteiger partial charge in [0.15, 0.2) is 6.29 Å². The first-order valence-electron chi connectivity index (χ1n) is 9.26. The van der Waals surface area contributed by atoms with E-state index in [2.05, 4.69) is 5.32 Å². The number of nitrogens with one attached hydrogen (secondary N) is 1. The van der Waals surface area contributed by atoms with E-state index >= 15 is 0 Å². The molecule has 1 amide bonds. The number of aliphatic hydroxyl groups is 1. The summed E-state index contributed by atoms with van der Waals surface area (Å²) in [5.41, 5.74) is 0.424. The fraction of sp³-hybridized carbons (Fsp3) is 0.381. The van der Waals surface area contributed by atoms with Gasteiger partial charge in [-0.25, -0.2) is 0 Å². The molecule has 2 aliphatic rings. The molecular formula is C21H23NO5S. The van der Waals surface area contributed by atoms with Crippen molar-refractivity contribution in [1.82, 2.24) is 5.32 Å². The first-order chi connectivity index (χ1) is 13.6. The van der Waals surface area contributed by atoms with Crippen LogP contribution < -0.4 is 5.32 Å². The van der Waals surface area contributed by atoms with Gasteiger partial charge in [-0.05, 0) is 12.1 Å². The Hall–Kier alpha value is -1.90. The standard InChI is InChI=1S/C21H23NO5S/c1-13(23)22-17-18(24)19-16(26-21(17)28-15-10-6-3-7-11-15)12-25-20(27-19)14-8-4-2-5-9-14/h2-11,16-21,24H,12H2,1H3,(H,22,23)/t16-,17+,18-,19-,20+,21+/m1/s1. The number of rotatable bonds is 4. The molecule has 2 heterocycles. The van der Waals surface area contributed by atoms with Crippen molar-refractivity contribution in [3.8, 4) is 0 Å². The number of carbonyl (C=O) groups is 1. The van der Waals surface area contributed by atoms with E-state index in [0.29, 0.717) is 6.61 Å². The number of benzene rings is 2. The van der Waals surface area contributed by atoms with Crippen LogP contribution in [0, 0.1) is 0 Å². The number of aliphatic hydroxyl groups excluding tert-OH is 1. The Morgan fingerprint density at radius 2 is 1.75 bits per heavy atom. The molecule has 7 heteroatoms. The summed E-state index contributed by atoms with van der Waals surface area (Å²) >= 11 is 1.46. The lowest BCUT2D eigenvalue weighted by atomic mass is 9.96. The van der Waals surface area contributed by atoms with E-state index in [1.165, 1.54) is 18.7 Å². The summed E-state index contributed by atoms with van der Waals surface area (Å²) < 4.78 is 18.1. The fourth-order valence-electron chi connectivity index (χ4n) is 3.49. The minimum absolute atomic E-state index is 0.226. The molecule has 0 bridgehead atoms. The fourth-order valence-corrected chi connectivity index (χ4v) is 4.65. The monoisotopic (exact) mass is 401 g/mol. The van der Waals surface area contributed by atoms with Gasteiger partial charge >= 0.3 is 0 Å². The lowest BCUT2D eigenvalue weighted by Gasteiger charge is -2.47. The van der Waals surface area contributed by atoms with E-state index in [0.717, 1.165) is 10.5 Å². The van der Waals surface area contributed by atoms with Crippen LogP contribution in [0.2, 0.25) is 0 Å². The highest BCUT2D eigenvalue weighted by molar-refractivity contribution is 7.99. The molecule has 0 aromatic heterocycles. The maximum atomic E-state index is 11.7. The molecule has 0 spiro atoms. The van der Waals surface area contributed by atoms with Crippen molar-refractivity contribution >= 4 is 17.7 Å². The van der Waals surface area contributed by atoms with Gasteiger partial charge in [0, 0.05) is 17.4 Å². The van der Waals surface area contributed by atoms with Crippen LogP contribution in [0.4, 0.5) is 0 Å². The van der Waals surface area contributed by atoms with Gasteiger partial charge in [-0.3, -0.25) is 4.79 Å². The Morgan fingerprint density at radius 1 is 1.07 bits per heavy atom. The molecule has 28 heavy (non-hydrogen) atoms. The summed E-state index contributed by atoms with van der Waals surface area (Å²) in [6.07, 6.45) is -2.50. The zero-order valence-electron chi connectivity index (χ0n) is 15.4. The van der Waals surface area contributed by atoms with E-state index in [1.807, 2.05) is 60.7 Å². The molecule has 2 aromatic rings. The minimum Gasteiger partial charge on any atom is -0.388 e. The molecule has 0 aliphatic carbocycles. The summed E-state index contributed by atoms with van der Waals surface area (Å²) in [4.78, 5) is 12.7. The number of fused-ring (bicyclic) bond motifs is 1. The number of thioether (sulfide) groups is 1. The van der Waals surface area contributed by atoms with Gasteiger partial charge < -0.3 is 24.6 Å². The third-order valence-electron chi connectivity index (χ3n) is 4.80. The van der Waals surface area contributed by atoms with Gasteiger partial charge in [0.25, 0.3) is 0 Å². The van der Waals surface area contributed by atoms with Crippen molar-refractivity contribution in [3.05, 3.63) is 66.2 Å². The molecule has 0 saturated carbocycles. The van der Waals surface area contributed by atoms with E-state index in [-0.39, 0.29) is 5.91 Å². The summed E-state index contributed by atoms with van der Waals surface area (Å²) in [5, 5.41) is 13.9. The van der Waals surface area contributed by atoms with Crippen molar-refractivity contribution in [2.45, 2.75) is 47.9 Å². The molecule has 2 saturated heterocycles. The Morgan fingerprint density at radius 3 is 2.43 bits per heavy atom. The molecule has 4 rings (SSSR count). The molecule has 6 atom stereocenters. The number of amides is 1. The molecule has 2 aliphatic heterocycles. The van der Waals surface area contributed by atoms with Crippen molar-refractivity contribution in [2.24, 2.45) is 0 Å². The van der Waals surface area contributed by atoms with Gasteiger partial charge in [0.1, 0.15) is 23.7 Å². The number of carbonyl (C=O) groups excluding carboxylic acids is 1. The Kier molecular flexibility index (Phi) is 5.99. The Labute approximate surface area is 168 Å². The minimum atomic E-state index is -0.918. The molecule has 148 valence electrons. The highest BCUT2D eigenvalue weighted by Gasteiger charge is 2.49. The smallest absolute Gasteiger partial charge is 0.217 e. The van der Waals surface area contributed by atoms with Crippen LogP contribution >= 0.6 is 11.8 Å². The number of ether oxygens (including phenoxy) is 3. The maximum absolute atomic E-state index is 11.7. The van der Waals surface area contributed by atoms with E-state index < -0.39 is 36.1 Å². The van der Waals surface area contributed by atoms with Gasteiger partial charge in [-0.1, -0.05) is 60.3 Å².